The molecule has 198 valence electrons. The molecule has 2 N–H and O–H groups in total. The van der Waals surface area contributed by atoms with Crippen LogP contribution in [0.25, 0.3) is 16.7 Å². The number of amides is 2. The summed E-state index contributed by atoms with van der Waals surface area (Å²) in [5, 5.41) is 6.62. The smallest absolute Gasteiger partial charge is 0.343 e. The first-order chi connectivity index (χ1) is 18.2. The van der Waals surface area contributed by atoms with Crippen molar-refractivity contribution in [1.29, 1.82) is 0 Å². The molecule has 0 aliphatic rings. The molecule has 15 heteroatoms. The number of carbonyl (C=O) groups is 2. The van der Waals surface area contributed by atoms with Crippen molar-refractivity contribution in [1.82, 2.24) is 29.5 Å². The maximum atomic E-state index is 13.5. The van der Waals surface area contributed by atoms with E-state index in [0.29, 0.717) is 5.52 Å². The van der Waals surface area contributed by atoms with Crippen LogP contribution in [0.1, 0.15) is 23.0 Å². The number of nitrogens with one attached hydrogen (secondary N) is 2. The largest absolute Gasteiger partial charge is 0.481 e. The summed E-state index contributed by atoms with van der Waals surface area (Å²) in [6.45, 7) is 3.00. The average Bonchev–Trinajstić information content (AvgIpc) is 3.26. The zero-order valence-electron chi connectivity index (χ0n) is 20.8. The summed E-state index contributed by atoms with van der Waals surface area (Å²) in [6.07, 6.45) is 0. The van der Waals surface area contributed by atoms with Gasteiger partial charge in [0, 0.05) is 5.39 Å². The molecule has 0 unspecified atom stereocenters. The lowest BCUT2D eigenvalue weighted by molar-refractivity contribution is 0.0520. The molecule has 3 aromatic heterocycles. The molecule has 1 aromatic carbocycles. The molecule has 0 fully saturated rings. The zero-order valence-corrected chi connectivity index (χ0v) is 21.6. The van der Waals surface area contributed by atoms with Crippen LogP contribution >= 0.6 is 0 Å². The van der Waals surface area contributed by atoms with Crippen LogP contribution in [0.4, 0.5) is 10.7 Å². The van der Waals surface area contributed by atoms with Gasteiger partial charge in [0.2, 0.25) is 17.7 Å². The predicted molar refractivity (Wildman–Crippen MR) is 134 cm³/mol. The van der Waals surface area contributed by atoms with Gasteiger partial charge in [-0.05, 0) is 32.0 Å². The number of hydrogen-bond donors (Lipinski definition) is 2. The number of rotatable bonds is 8. The normalized spacial score (nSPS) is 11.2. The Morgan fingerprint density at radius 2 is 1.68 bits per heavy atom. The lowest BCUT2D eigenvalue weighted by atomic mass is 10.2. The van der Waals surface area contributed by atoms with E-state index in [9.17, 15) is 18.0 Å². The van der Waals surface area contributed by atoms with Crippen LogP contribution in [-0.2, 0) is 14.8 Å². The van der Waals surface area contributed by atoms with Crippen LogP contribution in [0.3, 0.4) is 0 Å². The Bertz CT molecular complexity index is 1610. The molecule has 4 rings (SSSR count). The highest BCUT2D eigenvalue weighted by atomic mass is 32.2. The topological polar surface area (TPSA) is 177 Å². The maximum absolute atomic E-state index is 13.5. The monoisotopic (exact) mass is 541 g/mol. The Hall–Kier alpha value is -4.79. The molecular formula is C23H23N7O7S. The molecule has 0 radical (unpaired) electrons. The summed E-state index contributed by atoms with van der Waals surface area (Å²) >= 11 is 0. The van der Waals surface area contributed by atoms with Crippen LogP contribution in [0.15, 0.2) is 47.5 Å². The first kappa shape index (κ1) is 26.3. The number of pyridine rings is 1. The van der Waals surface area contributed by atoms with E-state index in [1.54, 1.807) is 31.2 Å². The number of aryl methyl sites for hydroxylation is 1. The Morgan fingerprint density at radius 3 is 2.34 bits per heavy atom. The van der Waals surface area contributed by atoms with Crippen molar-refractivity contribution in [2.45, 2.75) is 18.9 Å². The van der Waals surface area contributed by atoms with Crippen LogP contribution in [0, 0.1) is 6.92 Å². The number of urea groups is 1. The van der Waals surface area contributed by atoms with Crippen molar-refractivity contribution in [2.75, 3.05) is 26.1 Å². The Labute approximate surface area is 217 Å². The third-order valence-corrected chi connectivity index (χ3v) is 6.44. The van der Waals surface area contributed by atoms with Crippen molar-refractivity contribution in [3.63, 3.8) is 0 Å². The van der Waals surface area contributed by atoms with Gasteiger partial charge in [0.25, 0.3) is 10.0 Å². The maximum Gasteiger partial charge on any atom is 0.343 e. The molecule has 2 amide bonds. The molecule has 0 spiro atoms. The molecule has 0 atom stereocenters. The van der Waals surface area contributed by atoms with E-state index in [2.05, 4.69) is 25.4 Å². The summed E-state index contributed by atoms with van der Waals surface area (Å²) in [5.74, 6) is -0.991. The number of hydrogen-bond acceptors (Lipinski definition) is 11. The van der Waals surface area contributed by atoms with E-state index in [-0.39, 0.29) is 41.4 Å². The second kappa shape index (κ2) is 10.7. The highest BCUT2D eigenvalue weighted by Crippen LogP contribution is 2.25. The molecular weight excluding hydrogens is 518 g/mol. The molecule has 0 saturated carbocycles. The number of benzene rings is 1. The summed E-state index contributed by atoms with van der Waals surface area (Å²) in [7, 11) is -2.05. The van der Waals surface area contributed by atoms with Gasteiger partial charge in [-0.3, -0.25) is 5.32 Å². The molecule has 4 aromatic rings. The van der Waals surface area contributed by atoms with Gasteiger partial charge in [-0.15, -0.1) is 0 Å². The van der Waals surface area contributed by atoms with E-state index >= 15 is 0 Å². The van der Waals surface area contributed by atoms with Crippen molar-refractivity contribution >= 4 is 38.9 Å². The van der Waals surface area contributed by atoms with Crippen LogP contribution in [-0.4, -0.2) is 66.0 Å². The predicted octanol–water partition coefficient (Wildman–Crippen LogP) is 2.22. The minimum absolute atomic E-state index is 0.0138. The number of sulfonamides is 1. The fraction of sp³-hybridized carbons (Fsp3) is 0.217. The molecule has 0 aliphatic heterocycles. The van der Waals surface area contributed by atoms with Gasteiger partial charge in [-0.2, -0.15) is 23.5 Å². The zero-order chi connectivity index (χ0) is 27.4. The summed E-state index contributed by atoms with van der Waals surface area (Å²) in [4.78, 5) is 37.8. The van der Waals surface area contributed by atoms with Crippen LogP contribution in [0.5, 0.6) is 11.8 Å². The number of anilines is 1. The van der Waals surface area contributed by atoms with Crippen molar-refractivity contribution in [3.8, 4) is 17.6 Å². The molecule has 14 nitrogen and oxygen atoms in total. The van der Waals surface area contributed by atoms with Gasteiger partial charge in [-0.1, -0.05) is 18.2 Å². The van der Waals surface area contributed by atoms with Crippen molar-refractivity contribution < 1.29 is 32.2 Å². The minimum Gasteiger partial charge on any atom is -0.481 e. The SMILES string of the molecule is CCOC(=O)c1c(C)nn(-c2ccc3ccccc3n2)c1S(=O)(=O)NC(=O)Nc1nc(OC)cc(OC)n1. The third kappa shape index (κ3) is 5.31. The summed E-state index contributed by atoms with van der Waals surface area (Å²) in [6, 6.07) is 10.6. The Balaban J connectivity index is 1.76. The number of para-hydroxylation sites is 1. The number of fused-ring (bicyclic) bond motifs is 1. The molecule has 38 heavy (non-hydrogen) atoms. The second-order valence-electron chi connectivity index (χ2n) is 7.60. The highest BCUT2D eigenvalue weighted by Gasteiger charge is 2.34. The Morgan fingerprint density at radius 1 is 1.00 bits per heavy atom. The van der Waals surface area contributed by atoms with E-state index < -0.39 is 27.0 Å². The fourth-order valence-corrected chi connectivity index (χ4v) is 4.74. The second-order valence-corrected chi connectivity index (χ2v) is 9.19. The third-order valence-electron chi connectivity index (χ3n) is 5.10. The van der Waals surface area contributed by atoms with E-state index in [0.717, 1.165) is 10.1 Å². The summed E-state index contributed by atoms with van der Waals surface area (Å²) in [5.41, 5.74) is 0.274. The Kier molecular flexibility index (Phi) is 7.38. The van der Waals surface area contributed by atoms with Crippen molar-refractivity contribution in [2.24, 2.45) is 0 Å². The van der Waals surface area contributed by atoms with Gasteiger partial charge in [0.05, 0.1) is 38.1 Å². The van der Waals surface area contributed by atoms with Gasteiger partial charge in [0.15, 0.2) is 10.8 Å². The van der Waals surface area contributed by atoms with Crippen LogP contribution in [0.2, 0.25) is 0 Å². The van der Waals surface area contributed by atoms with Gasteiger partial charge >= 0.3 is 12.0 Å². The molecule has 0 bridgehead atoms. The molecule has 0 aliphatic carbocycles. The van der Waals surface area contributed by atoms with Gasteiger partial charge in [0.1, 0.15) is 5.56 Å². The van der Waals surface area contributed by atoms with Gasteiger partial charge < -0.3 is 14.2 Å². The van der Waals surface area contributed by atoms with E-state index in [4.69, 9.17) is 14.2 Å². The number of aromatic nitrogens is 5. The number of methoxy groups -OCH3 is 2. The van der Waals surface area contributed by atoms with Crippen molar-refractivity contribution in [3.05, 3.63) is 53.7 Å². The highest BCUT2D eigenvalue weighted by molar-refractivity contribution is 7.90. The first-order valence-corrected chi connectivity index (χ1v) is 12.6. The number of nitrogens with zero attached hydrogens (tertiary/aromatic N) is 5. The number of carbonyl (C=O) groups excluding carboxylic acids is 2. The fourth-order valence-electron chi connectivity index (χ4n) is 3.49. The number of ether oxygens (including phenoxy) is 3. The minimum atomic E-state index is -4.74. The summed E-state index contributed by atoms with van der Waals surface area (Å²) < 4.78 is 45.0. The first-order valence-electron chi connectivity index (χ1n) is 11.1. The lowest BCUT2D eigenvalue weighted by Gasteiger charge is -2.12. The quantitative estimate of drug-likeness (QED) is 0.313. The van der Waals surface area contributed by atoms with E-state index in [1.165, 1.54) is 27.2 Å². The molecule has 3 heterocycles. The molecule has 0 saturated heterocycles. The average molecular weight is 542 g/mol. The van der Waals surface area contributed by atoms with Gasteiger partial charge in [-0.25, -0.2) is 24.0 Å². The lowest BCUT2D eigenvalue weighted by Crippen LogP contribution is -2.36. The standard InChI is InChI=1S/C23H23N7O7S/c1-5-37-21(31)19-13(2)28-30(16-11-10-14-8-6-7-9-15(14)24-16)20(19)38(33,34)29-23(32)27-22-25-17(35-3)12-18(26-22)36-4/h6-12H,5H2,1-4H3,(H2,25,26,27,29,32). The van der Waals surface area contributed by atoms with Crippen LogP contribution < -0.4 is 19.5 Å². The number of esters is 1. The van der Waals surface area contributed by atoms with E-state index in [1.807, 2.05) is 16.9 Å².